The Labute approximate surface area is 96.1 Å². The molecule has 0 bridgehead atoms. The highest BCUT2D eigenvalue weighted by Gasteiger charge is 2.10. The van der Waals surface area contributed by atoms with Crippen LogP contribution in [0.2, 0.25) is 0 Å². The molecule has 0 saturated carbocycles. The van der Waals surface area contributed by atoms with Crippen LogP contribution in [-0.4, -0.2) is 19.9 Å². The second-order valence-electron chi connectivity index (χ2n) is 4.21. The Hall–Kier alpha value is -1.38. The van der Waals surface area contributed by atoms with E-state index in [4.69, 9.17) is 0 Å². The van der Waals surface area contributed by atoms with Gasteiger partial charge in [-0.05, 0) is 24.1 Å². The van der Waals surface area contributed by atoms with E-state index >= 15 is 0 Å². The van der Waals surface area contributed by atoms with Gasteiger partial charge in [-0.2, -0.15) is 0 Å². The van der Waals surface area contributed by atoms with Crippen molar-refractivity contribution >= 4 is 12.0 Å². The predicted octanol–water partition coefficient (Wildman–Crippen LogP) is 3.12. The molecule has 3 heteroatoms. The fourth-order valence-electron chi connectivity index (χ4n) is 1.66. The van der Waals surface area contributed by atoms with E-state index in [9.17, 15) is 9.18 Å². The van der Waals surface area contributed by atoms with Crippen LogP contribution in [0.5, 0.6) is 0 Å². The number of halogens is 1. The third-order valence-electron chi connectivity index (χ3n) is 2.81. The second-order valence-corrected chi connectivity index (χ2v) is 4.21. The largest absolute Gasteiger partial charge is 0.374 e. The minimum atomic E-state index is -0.372. The lowest BCUT2D eigenvalue weighted by Gasteiger charge is -2.24. The van der Waals surface area contributed by atoms with E-state index in [1.807, 2.05) is 11.9 Å². The number of rotatable bonds is 5. The van der Waals surface area contributed by atoms with Gasteiger partial charge in [0.15, 0.2) is 6.29 Å². The van der Waals surface area contributed by atoms with Gasteiger partial charge in [0, 0.05) is 24.8 Å². The Morgan fingerprint density at radius 1 is 1.50 bits per heavy atom. The van der Waals surface area contributed by atoms with Crippen molar-refractivity contribution < 1.29 is 9.18 Å². The van der Waals surface area contributed by atoms with Crippen molar-refractivity contribution in [3.05, 3.63) is 29.6 Å². The zero-order valence-electron chi connectivity index (χ0n) is 10.0. The van der Waals surface area contributed by atoms with Gasteiger partial charge in [-0.15, -0.1) is 0 Å². The molecule has 0 spiro atoms. The molecule has 88 valence electrons. The van der Waals surface area contributed by atoms with Gasteiger partial charge < -0.3 is 4.90 Å². The Morgan fingerprint density at radius 2 is 2.19 bits per heavy atom. The lowest BCUT2D eigenvalue weighted by Crippen LogP contribution is -2.24. The van der Waals surface area contributed by atoms with E-state index in [0.29, 0.717) is 17.8 Å². The molecule has 0 heterocycles. The summed E-state index contributed by atoms with van der Waals surface area (Å²) < 4.78 is 12.9. The van der Waals surface area contributed by atoms with Crippen molar-refractivity contribution in [3.8, 4) is 0 Å². The number of carbonyl (C=O) groups is 1. The van der Waals surface area contributed by atoms with Gasteiger partial charge in [-0.25, -0.2) is 4.39 Å². The van der Waals surface area contributed by atoms with Crippen LogP contribution < -0.4 is 4.90 Å². The van der Waals surface area contributed by atoms with E-state index in [1.165, 1.54) is 12.1 Å². The SMILES string of the molecule is CC[C@H](C)CN(C)c1ccc(F)cc1C=O. The standard InChI is InChI=1S/C13H18FNO/c1-4-10(2)8-15(3)13-6-5-12(14)7-11(13)9-16/h5-7,9-10H,4,8H2,1-3H3/t10-/m0/s1. The Balaban J connectivity index is 2.90. The fraction of sp³-hybridized carbons (Fsp3) is 0.462. The van der Waals surface area contributed by atoms with Gasteiger partial charge >= 0.3 is 0 Å². The maximum absolute atomic E-state index is 12.9. The first-order chi connectivity index (χ1) is 7.58. The van der Waals surface area contributed by atoms with Crippen molar-refractivity contribution in [2.75, 3.05) is 18.5 Å². The second kappa shape index (κ2) is 5.64. The minimum Gasteiger partial charge on any atom is -0.374 e. The molecule has 1 atom stereocenters. The van der Waals surface area contributed by atoms with E-state index in [1.54, 1.807) is 6.07 Å². The average molecular weight is 223 g/mol. The van der Waals surface area contributed by atoms with E-state index in [-0.39, 0.29) is 5.82 Å². The lowest BCUT2D eigenvalue weighted by atomic mass is 10.1. The highest BCUT2D eigenvalue weighted by atomic mass is 19.1. The Morgan fingerprint density at radius 3 is 2.75 bits per heavy atom. The summed E-state index contributed by atoms with van der Waals surface area (Å²) in [6.07, 6.45) is 1.79. The van der Waals surface area contributed by atoms with Crippen molar-refractivity contribution in [1.82, 2.24) is 0 Å². The molecule has 0 radical (unpaired) electrons. The molecule has 0 aromatic heterocycles. The molecule has 16 heavy (non-hydrogen) atoms. The quantitative estimate of drug-likeness (QED) is 0.715. The first kappa shape index (κ1) is 12.7. The average Bonchev–Trinajstić information content (AvgIpc) is 2.28. The lowest BCUT2D eigenvalue weighted by molar-refractivity contribution is 0.112. The number of hydrogen-bond acceptors (Lipinski definition) is 2. The molecule has 0 N–H and O–H groups in total. The smallest absolute Gasteiger partial charge is 0.152 e. The Bertz CT molecular complexity index is 365. The molecule has 0 aliphatic carbocycles. The van der Waals surface area contributed by atoms with Crippen LogP contribution >= 0.6 is 0 Å². The van der Waals surface area contributed by atoms with Crippen LogP contribution in [0.1, 0.15) is 30.6 Å². The number of carbonyl (C=O) groups excluding carboxylic acids is 1. The summed E-state index contributed by atoms with van der Waals surface area (Å²) in [5.74, 6) is 0.178. The number of hydrogen-bond donors (Lipinski definition) is 0. The minimum absolute atomic E-state index is 0.372. The van der Waals surface area contributed by atoms with Crippen molar-refractivity contribution in [2.24, 2.45) is 5.92 Å². The van der Waals surface area contributed by atoms with Gasteiger partial charge in [0.1, 0.15) is 5.82 Å². The van der Waals surface area contributed by atoms with E-state index < -0.39 is 0 Å². The third kappa shape index (κ3) is 3.05. The zero-order valence-corrected chi connectivity index (χ0v) is 10.0. The molecular formula is C13H18FNO. The summed E-state index contributed by atoms with van der Waals surface area (Å²) in [6.45, 7) is 5.15. The molecule has 2 nitrogen and oxygen atoms in total. The topological polar surface area (TPSA) is 20.3 Å². The molecule has 0 amide bonds. The molecule has 1 rings (SSSR count). The van der Waals surface area contributed by atoms with Crippen LogP contribution in [0.15, 0.2) is 18.2 Å². The van der Waals surface area contributed by atoms with Crippen LogP contribution in [0.4, 0.5) is 10.1 Å². The van der Waals surface area contributed by atoms with Crippen LogP contribution in [-0.2, 0) is 0 Å². The number of nitrogens with zero attached hydrogens (tertiary/aromatic N) is 1. The fourth-order valence-corrected chi connectivity index (χ4v) is 1.66. The normalized spacial score (nSPS) is 12.2. The summed E-state index contributed by atoms with van der Waals surface area (Å²) in [6, 6.07) is 4.31. The van der Waals surface area contributed by atoms with Gasteiger partial charge in [0.2, 0.25) is 0 Å². The van der Waals surface area contributed by atoms with Crippen LogP contribution in [0, 0.1) is 11.7 Å². The number of aldehydes is 1. The predicted molar refractivity (Wildman–Crippen MR) is 64.5 cm³/mol. The first-order valence-electron chi connectivity index (χ1n) is 5.54. The summed E-state index contributed by atoms with van der Waals surface area (Å²) in [5.41, 5.74) is 1.20. The van der Waals surface area contributed by atoms with E-state index in [0.717, 1.165) is 18.7 Å². The van der Waals surface area contributed by atoms with Gasteiger partial charge in [-0.1, -0.05) is 20.3 Å². The Kier molecular flexibility index (Phi) is 4.47. The maximum atomic E-state index is 12.9. The van der Waals surface area contributed by atoms with Gasteiger partial charge in [0.05, 0.1) is 0 Å². The first-order valence-corrected chi connectivity index (χ1v) is 5.54. The molecule has 1 aromatic rings. The summed E-state index contributed by atoms with van der Waals surface area (Å²) >= 11 is 0. The summed E-state index contributed by atoms with van der Waals surface area (Å²) in [7, 11) is 1.92. The number of benzene rings is 1. The van der Waals surface area contributed by atoms with Crippen LogP contribution in [0.25, 0.3) is 0 Å². The van der Waals surface area contributed by atoms with Gasteiger partial charge in [0.25, 0.3) is 0 Å². The molecular weight excluding hydrogens is 205 g/mol. The zero-order chi connectivity index (χ0) is 12.1. The van der Waals surface area contributed by atoms with Crippen molar-refractivity contribution in [2.45, 2.75) is 20.3 Å². The third-order valence-corrected chi connectivity index (χ3v) is 2.81. The molecule has 0 saturated heterocycles. The molecule has 0 fully saturated rings. The summed E-state index contributed by atoms with van der Waals surface area (Å²) in [5, 5.41) is 0. The maximum Gasteiger partial charge on any atom is 0.152 e. The molecule has 0 aliphatic heterocycles. The van der Waals surface area contributed by atoms with Crippen molar-refractivity contribution in [3.63, 3.8) is 0 Å². The molecule has 0 unspecified atom stereocenters. The highest BCUT2D eigenvalue weighted by Crippen LogP contribution is 2.20. The van der Waals surface area contributed by atoms with Crippen molar-refractivity contribution in [1.29, 1.82) is 0 Å². The molecule has 1 aromatic carbocycles. The van der Waals surface area contributed by atoms with Crippen LogP contribution in [0.3, 0.4) is 0 Å². The monoisotopic (exact) mass is 223 g/mol. The number of anilines is 1. The van der Waals surface area contributed by atoms with Gasteiger partial charge in [-0.3, -0.25) is 4.79 Å². The highest BCUT2D eigenvalue weighted by molar-refractivity contribution is 5.84. The summed E-state index contributed by atoms with van der Waals surface area (Å²) in [4.78, 5) is 12.8. The molecule has 0 aliphatic rings. The van der Waals surface area contributed by atoms with E-state index in [2.05, 4.69) is 13.8 Å².